The van der Waals surface area contributed by atoms with E-state index in [0.717, 1.165) is 16.7 Å². The van der Waals surface area contributed by atoms with Gasteiger partial charge in [0, 0.05) is 29.9 Å². The number of nitrogens with two attached hydrogens (primary N) is 1. The smallest absolute Gasteiger partial charge is 0.262 e. The highest BCUT2D eigenvalue weighted by Crippen LogP contribution is 2.50. The maximum Gasteiger partial charge on any atom is 0.262 e. The molecule has 2 aromatic carbocycles. The number of carbonyl (C=O) groups is 1. The molecule has 3 heterocycles. The minimum atomic E-state index is -1.14. The number of guanidine groups is 1. The van der Waals surface area contributed by atoms with Gasteiger partial charge in [0.25, 0.3) is 5.91 Å². The number of pyridine rings is 1. The van der Waals surface area contributed by atoms with Crippen LogP contribution in [0.3, 0.4) is 0 Å². The highest BCUT2D eigenvalue weighted by Gasteiger charge is 2.56. The van der Waals surface area contributed by atoms with Gasteiger partial charge in [-0.25, -0.2) is 4.99 Å². The van der Waals surface area contributed by atoms with Gasteiger partial charge in [0.2, 0.25) is 0 Å². The zero-order chi connectivity index (χ0) is 22.5. The number of rotatable bonds is 3. The summed E-state index contributed by atoms with van der Waals surface area (Å²) in [6, 6.07) is 17.4. The summed E-state index contributed by atoms with van der Waals surface area (Å²) in [4.78, 5) is 24.4. The Hall–Kier alpha value is -3.38. The molecule has 0 saturated carbocycles. The Morgan fingerprint density at radius 3 is 2.62 bits per heavy atom. The third kappa shape index (κ3) is 3.41. The van der Waals surface area contributed by atoms with E-state index in [4.69, 9.17) is 27.1 Å². The Morgan fingerprint density at radius 2 is 1.88 bits per heavy atom. The molecule has 0 aliphatic carbocycles. The normalized spacial score (nSPS) is 21.3. The SMILES string of the molecule is CC1(C)CC2(N=C(N)N(Cc3ccccc3)C2=O)c2cc(-c3cncc(Cl)c3)ccc2O1. The van der Waals surface area contributed by atoms with Crippen LogP contribution in [0.2, 0.25) is 5.02 Å². The number of halogens is 1. The molecule has 1 amide bonds. The monoisotopic (exact) mass is 446 g/mol. The summed E-state index contributed by atoms with van der Waals surface area (Å²) in [7, 11) is 0. The van der Waals surface area contributed by atoms with Crippen LogP contribution in [0.15, 0.2) is 72.0 Å². The molecule has 0 fully saturated rings. The fourth-order valence-electron chi connectivity index (χ4n) is 4.58. The van der Waals surface area contributed by atoms with Crippen molar-refractivity contribution in [2.45, 2.75) is 38.0 Å². The Balaban J connectivity index is 1.61. The molecule has 2 N–H and O–H groups in total. The fourth-order valence-corrected chi connectivity index (χ4v) is 4.75. The number of aliphatic imine (C=N–C) groups is 1. The molecule has 3 aromatic rings. The van der Waals surface area contributed by atoms with Crippen molar-refractivity contribution in [3.63, 3.8) is 0 Å². The van der Waals surface area contributed by atoms with E-state index in [1.54, 1.807) is 17.3 Å². The van der Waals surface area contributed by atoms with Crippen LogP contribution in [0, 0.1) is 0 Å². The van der Waals surface area contributed by atoms with E-state index in [1.807, 2.05) is 68.4 Å². The molecular formula is C25H23ClN4O2. The van der Waals surface area contributed by atoms with E-state index >= 15 is 0 Å². The number of amides is 1. The highest BCUT2D eigenvalue weighted by atomic mass is 35.5. The number of carbonyl (C=O) groups excluding carboxylic acids is 1. The molecule has 7 heteroatoms. The Labute approximate surface area is 191 Å². The first-order valence-corrected chi connectivity index (χ1v) is 10.8. The molecule has 1 atom stereocenters. The average molecular weight is 447 g/mol. The highest BCUT2D eigenvalue weighted by molar-refractivity contribution is 6.30. The lowest BCUT2D eigenvalue weighted by Gasteiger charge is -2.41. The molecule has 1 unspecified atom stereocenters. The molecule has 1 spiro atoms. The first kappa shape index (κ1) is 20.5. The fraction of sp³-hybridized carbons (Fsp3) is 0.240. The maximum absolute atomic E-state index is 13.9. The van der Waals surface area contributed by atoms with Crippen LogP contribution in [0.5, 0.6) is 5.75 Å². The van der Waals surface area contributed by atoms with Crippen LogP contribution < -0.4 is 10.5 Å². The first-order valence-electron chi connectivity index (χ1n) is 10.4. The van der Waals surface area contributed by atoms with Gasteiger partial charge in [-0.2, -0.15) is 0 Å². The van der Waals surface area contributed by atoms with Gasteiger partial charge in [0.05, 0.1) is 11.6 Å². The summed E-state index contributed by atoms with van der Waals surface area (Å²) in [5, 5.41) is 0.542. The summed E-state index contributed by atoms with van der Waals surface area (Å²) in [5.41, 5.74) is 8.02. The Morgan fingerprint density at radius 1 is 1.09 bits per heavy atom. The van der Waals surface area contributed by atoms with E-state index in [-0.39, 0.29) is 11.9 Å². The van der Waals surface area contributed by atoms with E-state index in [2.05, 4.69) is 4.98 Å². The molecular weight excluding hydrogens is 424 g/mol. The van der Waals surface area contributed by atoms with Gasteiger partial charge in [0.15, 0.2) is 11.5 Å². The van der Waals surface area contributed by atoms with Crippen molar-refractivity contribution in [2.75, 3.05) is 0 Å². The summed E-state index contributed by atoms with van der Waals surface area (Å²) < 4.78 is 6.24. The summed E-state index contributed by atoms with van der Waals surface area (Å²) in [5.74, 6) is 0.710. The van der Waals surface area contributed by atoms with Crippen LogP contribution in [0.25, 0.3) is 11.1 Å². The minimum absolute atomic E-state index is 0.141. The van der Waals surface area contributed by atoms with E-state index in [9.17, 15) is 4.79 Å². The third-order valence-corrected chi connectivity index (χ3v) is 6.10. The Bertz CT molecular complexity index is 1240. The zero-order valence-electron chi connectivity index (χ0n) is 17.9. The van der Waals surface area contributed by atoms with Crippen LogP contribution in [-0.4, -0.2) is 27.4 Å². The lowest BCUT2D eigenvalue weighted by molar-refractivity contribution is -0.135. The molecule has 0 saturated heterocycles. The largest absolute Gasteiger partial charge is 0.487 e. The predicted molar refractivity (Wildman–Crippen MR) is 124 cm³/mol. The van der Waals surface area contributed by atoms with Crippen molar-refractivity contribution in [3.05, 3.63) is 83.1 Å². The van der Waals surface area contributed by atoms with Crippen molar-refractivity contribution < 1.29 is 9.53 Å². The average Bonchev–Trinajstić information content (AvgIpc) is 2.98. The molecule has 1 aromatic heterocycles. The first-order chi connectivity index (χ1) is 15.3. The van der Waals surface area contributed by atoms with Gasteiger partial charge in [-0.05, 0) is 43.2 Å². The van der Waals surface area contributed by atoms with E-state index in [0.29, 0.717) is 29.3 Å². The van der Waals surface area contributed by atoms with Crippen LogP contribution >= 0.6 is 11.6 Å². The van der Waals surface area contributed by atoms with Crippen LogP contribution in [0.1, 0.15) is 31.4 Å². The summed E-state index contributed by atoms with van der Waals surface area (Å²) in [6.45, 7) is 4.29. The lowest BCUT2D eigenvalue weighted by atomic mass is 9.77. The maximum atomic E-state index is 13.9. The number of hydrogen-bond donors (Lipinski definition) is 1. The molecule has 2 aliphatic heterocycles. The molecule has 162 valence electrons. The van der Waals surface area contributed by atoms with Crippen molar-refractivity contribution in [3.8, 4) is 16.9 Å². The predicted octanol–water partition coefficient (Wildman–Crippen LogP) is 4.52. The summed E-state index contributed by atoms with van der Waals surface area (Å²) >= 11 is 6.15. The number of benzene rings is 2. The number of hydrogen-bond acceptors (Lipinski definition) is 5. The quantitative estimate of drug-likeness (QED) is 0.641. The van der Waals surface area contributed by atoms with Gasteiger partial charge in [-0.1, -0.05) is 48.0 Å². The molecule has 0 bridgehead atoms. The molecule has 6 nitrogen and oxygen atoms in total. The zero-order valence-corrected chi connectivity index (χ0v) is 18.6. The number of nitrogens with zero attached hydrogens (tertiary/aromatic N) is 3. The second-order valence-corrected chi connectivity index (χ2v) is 9.28. The van der Waals surface area contributed by atoms with Gasteiger partial charge < -0.3 is 10.5 Å². The number of fused-ring (bicyclic) bond motifs is 2. The van der Waals surface area contributed by atoms with Crippen molar-refractivity contribution in [2.24, 2.45) is 10.7 Å². The van der Waals surface area contributed by atoms with Crippen molar-refractivity contribution in [1.29, 1.82) is 0 Å². The van der Waals surface area contributed by atoms with Crippen molar-refractivity contribution >= 4 is 23.5 Å². The van der Waals surface area contributed by atoms with Crippen LogP contribution in [0.4, 0.5) is 0 Å². The third-order valence-electron chi connectivity index (χ3n) is 5.90. The number of aromatic nitrogens is 1. The topological polar surface area (TPSA) is 80.8 Å². The number of ether oxygens (including phenoxy) is 1. The van der Waals surface area contributed by atoms with Gasteiger partial charge >= 0.3 is 0 Å². The van der Waals surface area contributed by atoms with E-state index in [1.165, 1.54) is 0 Å². The van der Waals surface area contributed by atoms with Gasteiger partial charge in [0.1, 0.15) is 11.4 Å². The van der Waals surface area contributed by atoms with Crippen molar-refractivity contribution in [1.82, 2.24) is 9.88 Å². The second-order valence-electron chi connectivity index (χ2n) is 8.85. The standard InChI is InChI=1S/C25H23ClN4O2/c1-24(2)15-25(22(31)30(23(27)29-25)14-16-6-4-3-5-7-16)20-11-17(8-9-21(20)32-24)18-10-19(26)13-28-12-18/h3-13H,14-15H2,1-2H3,(H2,27,29). The summed E-state index contributed by atoms with van der Waals surface area (Å²) in [6.07, 6.45) is 3.71. The molecule has 0 radical (unpaired) electrons. The molecule has 32 heavy (non-hydrogen) atoms. The Kier molecular flexibility index (Phi) is 4.71. The molecule has 5 rings (SSSR count). The van der Waals surface area contributed by atoms with Gasteiger partial charge in [-0.15, -0.1) is 0 Å². The molecule has 2 aliphatic rings. The lowest BCUT2D eigenvalue weighted by Crippen LogP contribution is -2.49. The van der Waals surface area contributed by atoms with Crippen LogP contribution in [-0.2, 0) is 16.9 Å². The van der Waals surface area contributed by atoms with E-state index < -0.39 is 11.1 Å². The second kappa shape index (κ2) is 7.35. The van der Waals surface area contributed by atoms with Gasteiger partial charge in [-0.3, -0.25) is 14.7 Å². The minimum Gasteiger partial charge on any atom is -0.487 e.